The third kappa shape index (κ3) is 2.50. The fourth-order valence-corrected chi connectivity index (χ4v) is 3.19. The summed E-state index contributed by atoms with van der Waals surface area (Å²) in [6.07, 6.45) is 0. The standard InChI is InChI=1S/C15H10N4O4S/c20-12-7-19(15(22)17-12)18-13(21)9-5-6-10(23-9)14-16-8-3-1-2-4-11(8)24-14/h1-6H,7H2,(H,18,21)(H,17,20,22). The van der Waals surface area contributed by atoms with Crippen LogP contribution in [0.15, 0.2) is 40.8 Å². The zero-order valence-electron chi connectivity index (χ0n) is 12.1. The minimum absolute atomic E-state index is 0.0244. The van der Waals surface area contributed by atoms with Crippen molar-refractivity contribution < 1.29 is 18.8 Å². The normalized spacial score (nSPS) is 14.2. The van der Waals surface area contributed by atoms with Gasteiger partial charge >= 0.3 is 11.9 Å². The van der Waals surface area contributed by atoms with Crippen molar-refractivity contribution in [2.75, 3.05) is 6.54 Å². The summed E-state index contributed by atoms with van der Waals surface area (Å²) in [5.74, 6) is -0.609. The number of hydrazine groups is 1. The van der Waals surface area contributed by atoms with Crippen molar-refractivity contribution >= 4 is 39.4 Å². The molecule has 1 aliphatic rings. The SMILES string of the molecule is O=C1CN(NC(=O)c2ccc(-c3nc4ccccc4s3)o2)C(=O)N1. The molecule has 0 bridgehead atoms. The second-order valence-electron chi connectivity index (χ2n) is 5.03. The van der Waals surface area contributed by atoms with Gasteiger partial charge in [-0.25, -0.2) is 14.8 Å². The molecule has 0 unspecified atom stereocenters. The number of thiazole rings is 1. The Morgan fingerprint density at radius 3 is 2.83 bits per heavy atom. The van der Waals surface area contributed by atoms with Crippen LogP contribution in [0.2, 0.25) is 0 Å². The van der Waals surface area contributed by atoms with Crippen molar-refractivity contribution in [3.8, 4) is 10.8 Å². The Balaban J connectivity index is 1.54. The predicted molar refractivity (Wildman–Crippen MR) is 85.0 cm³/mol. The fraction of sp³-hybridized carbons (Fsp3) is 0.0667. The van der Waals surface area contributed by atoms with E-state index in [1.54, 1.807) is 6.07 Å². The Labute approximate surface area is 139 Å². The molecule has 3 heterocycles. The highest BCUT2D eigenvalue weighted by Gasteiger charge is 2.29. The maximum atomic E-state index is 12.1. The van der Waals surface area contributed by atoms with Crippen molar-refractivity contribution in [2.24, 2.45) is 0 Å². The summed E-state index contributed by atoms with van der Waals surface area (Å²) in [4.78, 5) is 39.1. The molecule has 8 nitrogen and oxygen atoms in total. The van der Waals surface area contributed by atoms with E-state index in [0.29, 0.717) is 10.8 Å². The summed E-state index contributed by atoms with van der Waals surface area (Å²) in [5.41, 5.74) is 3.17. The highest BCUT2D eigenvalue weighted by atomic mass is 32.1. The van der Waals surface area contributed by atoms with Crippen LogP contribution in [-0.2, 0) is 4.79 Å². The first-order valence-electron chi connectivity index (χ1n) is 6.98. The molecule has 0 atom stereocenters. The number of fused-ring (bicyclic) bond motifs is 1. The summed E-state index contributed by atoms with van der Waals surface area (Å²) in [5, 5.41) is 3.61. The van der Waals surface area contributed by atoms with Crippen LogP contribution in [0.5, 0.6) is 0 Å². The summed E-state index contributed by atoms with van der Waals surface area (Å²) in [6, 6.07) is 10.1. The molecule has 0 aliphatic carbocycles. The monoisotopic (exact) mass is 342 g/mol. The van der Waals surface area contributed by atoms with E-state index in [0.717, 1.165) is 15.2 Å². The Bertz CT molecular complexity index is 944. The van der Waals surface area contributed by atoms with Gasteiger partial charge in [-0.2, -0.15) is 0 Å². The highest BCUT2D eigenvalue weighted by Crippen LogP contribution is 2.31. The molecule has 9 heteroatoms. The number of nitrogens with one attached hydrogen (secondary N) is 2. The average Bonchev–Trinajstić information content (AvgIpc) is 3.25. The van der Waals surface area contributed by atoms with Crippen LogP contribution < -0.4 is 10.7 Å². The summed E-state index contributed by atoms with van der Waals surface area (Å²) >= 11 is 1.45. The van der Waals surface area contributed by atoms with E-state index in [2.05, 4.69) is 15.7 Å². The number of imide groups is 1. The molecule has 3 aromatic rings. The van der Waals surface area contributed by atoms with Gasteiger partial charge in [0.1, 0.15) is 6.54 Å². The number of aromatic nitrogens is 1. The maximum Gasteiger partial charge on any atom is 0.343 e. The average molecular weight is 342 g/mol. The number of furan rings is 1. The van der Waals surface area contributed by atoms with Crippen LogP contribution >= 0.6 is 11.3 Å². The fourth-order valence-electron chi connectivity index (χ4n) is 2.26. The number of carbonyl (C=O) groups is 3. The van der Waals surface area contributed by atoms with E-state index in [1.807, 2.05) is 24.3 Å². The lowest BCUT2D eigenvalue weighted by Crippen LogP contribution is -2.44. The third-order valence-electron chi connectivity index (χ3n) is 3.36. The lowest BCUT2D eigenvalue weighted by molar-refractivity contribution is -0.118. The molecule has 2 N–H and O–H groups in total. The van der Waals surface area contributed by atoms with E-state index in [4.69, 9.17) is 4.42 Å². The number of urea groups is 1. The number of hydrogen-bond acceptors (Lipinski definition) is 6. The van der Waals surface area contributed by atoms with Crippen molar-refractivity contribution in [2.45, 2.75) is 0 Å². The molecule has 0 saturated carbocycles. The number of benzene rings is 1. The van der Waals surface area contributed by atoms with Crippen molar-refractivity contribution in [1.82, 2.24) is 20.7 Å². The topological polar surface area (TPSA) is 105 Å². The smallest absolute Gasteiger partial charge is 0.343 e. The quantitative estimate of drug-likeness (QED) is 0.706. The van der Waals surface area contributed by atoms with Crippen LogP contribution in [0.25, 0.3) is 21.0 Å². The number of carbonyl (C=O) groups excluding carboxylic acids is 3. The van der Waals surface area contributed by atoms with Gasteiger partial charge in [0.15, 0.2) is 16.5 Å². The molecule has 2 aromatic heterocycles. The number of nitrogens with zero attached hydrogens (tertiary/aromatic N) is 2. The summed E-state index contributed by atoms with van der Waals surface area (Å²) < 4.78 is 6.54. The second kappa shape index (κ2) is 5.46. The summed E-state index contributed by atoms with van der Waals surface area (Å²) in [7, 11) is 0. The van der Waals surface area contributed by atoms with Crippen LogP contribution in [0, 0.1) is 0 Å². The van der Waals surface area contributed by atoms with E-state index < -0.39 is 17.8 Å². The number of amides is 4. The van der Waals surface area contributed by atoms with Crippen LogP contribution in [-0.4, -0.2) is 34.4 Å². The van der Waals surface area contributed by atoms with Gasteiger partial charge < -0.3 is 4.42 Å². The molecule has 24 heavy (non-hydrogen) atoms. The third-order valence-corrected chi connectivity index (χ3v) is 4.42. The molecule has 4 rings (SSSR count). The van der Waals surface area contributed by atoms with E-state index >= 15 is 0 Å². The van der Waals surface area contributed by atoms with E-state index in [9.17, 15) is 14.4 Å². The van der Waals surface area contributed by atoms with Crippen LogP contribution in [0.4, 0.5) is 4.79 Å². The first-order chi connectivity index (χ1) is 11.6. The van der Waals surface area contributed by atoms with Gasteiger partial charge in [0.25, 0.3) is 0 Å². The molecular formula is C15H10N4O4S. The first-order valence-corrected chi connectivity index (χ1v) is 7.80. The van der Waals surface area contributed by atoms with E-state index in [1.165, 1.54) is 17.4 Å². The van der Waals surface area contributed by atoms with Crippen molar-refractivity contribution in [1.29, 1.82) is 0 Å². The maximum absolute atomic E-state index is 12.1. The zero-order valence-corrected chi connectivity index (χ0v) is 12.9. The van der Waals surface area contributed by atoms with Crippen LogP contribution in [0.1, 0.15) is 10.6 Å². The van der Waals surface area contributed by atoms with Gasteiger partial charge in [0, 0.05) is 0 Å². The summed E-state index contributed by atoms with van der Waals surface area (Å²) in [6.45, 7) is -0.226. The van der Waals surface area contributed by atoms with Gasteiger partial charge in [-0.05, 0) is 24.3 Å². The van der Waals surface area contributed by atoms with Gasteiger partial charge in [-0.1, -0.05) is 12.1 Å². The van der Waals surface area contributed by atoms with Gasteiger partial charge in [0.05, 0.1) is 10.2 Å². The minimum Gasteiger partial charge on any atom is -0.448 e. The molecule has 1 saturated heterocycles. The van der Waals surface area contributed by atoms with Gasteiger partial charge in [-0.3, -0.25) is 20.3 Å². The Morgan fingerprint density at radius 2 is 2.08 bits per heavy atom. The van der Waals surface area contributed by atoms with Crippen molar-refractivity contribution in [3.63, 3.8) is 0 Å². The molecule has 1 fully saturated rings. The largest absolute Gasteiger partial charge is 0.448 e. The molecule has 0 radical (unpaired) electrons. The molecule has 1 aliphatic heterocycles. The number of rotatable bonds is 3. The Morgan fingerprint density at radius 1 is 1.25 bits per heavy atom. The predicted octanol–water partition coefficient (Wildman–Crippen LogP) is 1.75. The molecular weight excluding hydrogens is 332 g/mol. The van der Waals surface area contributed by atoms with Crippen molar-refractivity contribution in [3.05, 3.63) is 42.2 Å². The Kier molecular flexibility index (Phi) is 3.28. The van der Waals surface area contributed by atoms with Crippen LogP contribution in [0.3, 0.4) is 0 Å². The van der Waals surface area contributed by atoms with E-state index in [-0.39, 0.29) is 12.3 Å². The first kappa shape index (κ1) is 14.4. The lowest BCUT2D eigenvalue weighted by Gasteiger charge is -2.12. The molecule has 1 aromatic carbocycles. The zero-order chi connectivity index (χ0) is 16.7. The number of hydrogen-bond donors (Lipinski definition) is 2. The Hall–Kier alpha value is -3.20. The molecule has 4 amide bonds. The van der Waals surface area contributed by atoms with Gasteiger partial charge in [-0.15, -0.1) is 11.3 Å². The molecule has 120 valence electrons. The highest BCUT2D eigenvalue weighted by molar-refractivity contribution is 7.21. The number of para-hydroxylation sites is 1. The molecule has 0 spiro atoms. The second-order valence-corrected chi connectivity index (χ2v) is 6.06. The lowest BCUT2D eigenvalue weighted by atomic mass is 10.3. The van der Waals surface area contributed by atoms with Gasteiger partial charge in [0.2, 0.25) is 5.91 Å². The minimum atomic E-state index is -0.675.